The molecule has 0 bridgehead atoms. The number of carbonyl (C=O) groups is 1. The van der Waals surface area contributed by atoms with Gasteiger partial charge in [-0.3, -0.25) is 4.79 Å². The molecule has 3 N–H and O–H groups in total. The van der Waals surface area contributed by atoms with E-state index >= 15 is 0 Å². The Morgan fingerprint density at radius 3 is 2.16 bits per heavy atom. The molecular formula is C24H28B5FN2O5S. The lowest BCUT2D eigenvalue weighted by molar-refractivity contribution is -0.138. The molecule has 0 unspecified atom stereocenters. The van der Waals surface area contributed by atoms with Gasteiger partial charge in [-0.2, -0.15) is 4.31 Å². The van der Waals surface area contributed by atoms with Crippen molar-refractivity contribution >= 4 is 82.5 Å². The van der Waals surface area contributed by atoms with Gasteiger partial charge < -0.3 is 15.6 Å². The molecule has 38 heavy (non-hydrogen) atoms. The van der Waals surface area contributed by atoms with Gasteiger partial charge in [-0.05, 0) is 41.8 Å². The third-order valence-corrected chi connectivity index (χ3v) is 9.53. The minimum absolute atomic E-state index is 0.00558. The molecule has 1 fully saturated rings. The number of aliphatic carboxylic acids is 1. The van der Waals surface area contributed by atoms with E-state index in [1.165, 1.54) is 34.0 Å². The van der Waals surface area contributed by atoms with Crippen LogP contribution in [0.3, 0.4) is 0 Å². The molecule has 0 aromatic heterocycles. The Hall–Kier alpha value is -2.95. The third kappa shape index (κ3) is 5.04. The van der Waals surface area contributed by atoms with Crippen LogP contribution in [0.1, 0.15) is 11.1 Å². The molecule has 3 aromatic carbocycles. The first-order valence-electron chi connectivity index (χ1n) is 12.4. The predicted molar refractivity (Wildman–Crippen MR) is 161 cm³/mol. The molecule has 0 amide bonds. The molecule has 0 spiro atoms. The number of hydrogen-bond acceptors (Lipinski definition) is 5. The number of nitrogens with two attached hydrogens (primary N) is 1. The second-order valence-electron chi connectivity index (χ2n) is 10.1. The SMILES string of the molecule is Bc1c(B)c(B)c(C2(Oc3cccc(F)c3)CN(S(=O)(=O)c3cccc(C[C@H](N)C(=O)O)c3)C2)c(B)c1B. The van der Waals surface area contributed by atoms with Crippen molar-refractivity contribution < 1.29 is 27.4 Å². The molecule has 3 aromatic rings. The maximum atomic E-state index is 14.0. The highest BCUT2D eigenvalue weighted by Crippen LogP contribution is 2.38. The number of benzene rings is 3. The van der Waals surface area contributed by atoms with Gasteiger partial charge in [0.15, 0.2) is 5.60 Å². The van der Waals surface area contributed by atoms with Crippen molar-refractivity contribution in [2.75, 3.05) is 13.1 Å². The van der Waals surface area contributed by atoms with Crippen LogP contribution in [0.4, 0.5) is 4.39 Å². The maximum absolute atomic E-state index is 14.0. The number of nitrogens with zero attached hydrogens (tertiary/aromatic N) is 1. The van der Waals surface area contributed by atoms with Gasteiger partial charge in [0.25, 0.3) is 0 Å². The van der Waals surface area contributed by atoms with Crippen LogP contribution >= 0.6 is 0 Å². The van der Waals surface area contributed by atoms with Crippen LogP contribution in [-0.4, -0.2) is 82.2 Å². The Balaban J connectivity index is 1.73. The van der Waals surface area contributed by atoms with E-state index in [2.05, 4.69) is 7.85 Å². The Morgan fingerprint density at radius 2 is 1.58 bits per heavy atom. The summed E-state index contributed by atoms with van der Waals surface area (Å²) in [7, 11) is 6.23. The van der Waals surface area contributed by atoms with E-state index in [0.717, 1.165) is 27.4 Å². The molecule has 1 saturated heterocycles. The van der Waals surface area contributed by atoms with Crippen LogP contribution < -0.4 is 37.8 Å². The van der Waals surface area contributed by atoms with E-state index in [0.29, 0.717) is 11.3 Å². The lowest BCUT2D eigenvalue weighted by Crippen LogP contribution is -2.70. The second kappa shape index (κ2) is 10.3. The van der Waals surface area contributed by atoms with E-state index < -0.39 is 33.5 Å². The highest BCUT2D eigenvalue weighted by molar-refractivity contribution is 7.89. The van der Waals surface area contributed by atoms with Crippen molar-refractivity contribution in [3.05, 3.63) is 65.5 Å². The normalized spacial score (nSPS) is 15.9. The first-order valence-corrected chi connectivity index (χ1v) is 13.8. The fourth-order valence-electron chi connectivity index (χ4n) is 5.23. The first kappa shape index (κ1) is 28.1. The number of carboxylic acid groups (broad SMARTS) is 1. The second-order valence-corrected chi connectivity index (χ2v) is 12.1. The standard InChI is InChI=1S/C24H28B5FN2O5S/c25-18-17(19(26)21(28)22(29)20(18)27)24(37-14-5-2-4-13(30)9-14)10-32(11-24)38(35,36)15-6-1-3-12(7-15)8-16(31)23(33)34/h1-7,9,16H,8,10-11,25-29,31H2,(H,33,34)/t16-/m0/s1. The van der Waals surface area contributed by atoms with Crippen molar-refractivity contribution in [2.45, 2.75) is 23.0 Å². The Kier molecular flexibility index (Phi) is 7.62. The zero-order valence-electron chi connectivity index (χ0n) is 22.2. The molecule has 0 radical (unpaired) electrons. The van der Waals surface area contributed by atoms with Gasteiger partial charge in [0.05, 0.1) is 18.0 Å². The van der Waals surface area contributed by atoms with Gasteiger partial charge in [-0.15, -0.1) is 16.4 Å². The monoisotopic (exact) mass is 530 g/mol. The van der Waals surface area contributed by atoms with Crippen molar-refractivity contribution in [3.8, 4) is 5.75 Å². The summed E-state index contributed by atoms with van der Waals surface area (Å²) in [4.78, 5) is 11.2. The summed E-state index contributed by atoms with van der Waals surface area (Å²) in [5, 5.41) is 9.12. The molecule has 192 valence electrons. The fraction of sp³-hybridized carbons (Fsp3) is 0.208. The van der Waals surface area contributed by atoms with E-state index in [1.807, 2.05) is 31.4 Å². The van der Waals surface area contributed by atoms with Crippen molar-refractivity contribution in [1.82, 2.24) is 4.31 Å². The molecule has 14 heteroatoms. The zero-order valence-corrected chi connectivity index (χ0v) is 23.0. The highest BCUT2D eigenvalue weighted by Gasteiger charge is 2.53. The summed E-state index contributed by atoms with van der Waals surface area (Å²) in [6.07, 6.45) is 0.00558. The molecule has 1 aliphatic heterocycles. The fourth-order valence-corrected chi connectivity index (χ4v) is 6.84. The molecule has 4 rings (SSSR count). The van der Waals surface area contributed by atoms with Crippen LogP contribution in [0.15, 0.2) is 53.4 Å². The average Bonchev–Trinajstić information content (AvgIpc) is 2.84. The number of halogens is 1. The van der Waals surface area contributed by atoms with Crippen LogP contribution in [0.2, 0.25) is 0 Å². The summed E-state index contributed by atoms with van der Waals surface area (Å²) in [5.74, 6) is -1.28. The largest absolute Gasteiger partial charge is 0.480 e. The summed E-state index contributed by atoms with van der Waals surface area (Å²) in [5.41, 5.74) is 11.5. The molecule has 1 aliphatic rings. The highest BCUT2D eigenvalue weighted by atomic mass is 32.2. The predicted octanol–water partition coefficient (Wildman–Crippen LogP) is -5.95. The van der Waals surface area contributed by atoms with E-state index in [9.17, 15) is 17.6 Å². The summed E-state index contributed by atoms with van der Waals surface area (Å²) >= 11 is 0. The molecular weight excluding hydrogens is 501 g/mol. The van der Waals surface area contributed by atoms with Crippen LogP contribution in [0.5, 0.6) is 5.75 Å². The van der Waals surface area contributed by atoms with Gasteiger partial charge in [0.1, 0.15) is 56.8 Å². The van der Waals surface area contributed by atoms with Gasteiger partial charge >= 0.3 is 5.97 Å². The topological polar surface area (TPSA) is 110 Å². The van der Waals surface area contributed by atoms with Gasteiger partial charge in [-0.1, -0.05) is 29.1 Å². The molecule has 0 aliphatic carbocycles. The van der Waals surface area contributed by atoms with Crippen molar-refractivity contribution in [1.29, 1.82) is 0 Å². The van der Waals surface area contributed by atoms with Gasteiger partial charge in [0.2, 0.25) is 10.0 Å². The molecule has 1 atom stereocenters. The Bertz CT molecular complexity index is 1500. The minimum Gasteiger partial charge on any atom is -0.480 e. The van der Waals surface area contributed by atoms with Crippen LogP contribution in [0.25, 0.3) is 0 Å². The van der Waals surface area contributed by atoms with Gasteiger partial charge in [-0.25, -0.2) is 12.8 Å². The van der Waals surface area contributed by atoms with E-state index in [1.54, 1.807) is 24.3 Å². The van der Waals surface area contributed by atoms with Crippen LogP contribution in [-0.2, 0) is 26.8 Å². The smallest absolute Gasteiger partial charge is 0.320 e. The number of hydrogen-bond donors (Lipinski definition) is 2. The molecule has 7 nitrogen and oxygen atoms in total. The molecule has 0 saturated carbocycles. The average molecular weight is 530 g/mol. The zero-order chi connectivity index (χ0) is 28.0. The van der Waals surface area contributed by atoms with E-state index in [4.69, 9.17) is 15.6 Å². The lowest BCUT2D eigenvalue weighted by Gasteiger charge is -2.50. The lowest BCUT2D eigenvalue weighted by atomic mass is 9.57. The van der Waals surface area contributed by atoms with E-state index in [-0.39, 0.29) is 24.4 Å². The summed E-state index contributed by atoms with van der Waals surface area (Å²) in [6, 6.07) is 10.9. The quantitative estimate of drug-likeness (QED) is 0.282. The third-order valence-electron chi connectivity index (χ3n) is 7.74. The first-order chi connectivity index (χ1) is 17.8. The van der Waals surface area contributed by atoms with Crippen LogP contribution in [0, 0.1) is 5.82 Å². The summed E-state index contributed by atoms with van der Waals surface area (Å²) < 4.78 is 49.1. The number of rotatable bonds is 8. The number of carboxylic acids is 1. The summed E-state index contributed by atoms with van der Waals surface area (Å²) in [6.45, 7) is 0.0721. The molecule has 1 heterocycles. The van der Waals surface area contributed by atoms with Crippen molar-refractivity contribution in [2.24, 2.45) is 5.73 Å². The van der Waals surface area contributed by atoms with Gasteiger partial charge in [0, 0.05) is 6.07 Å². The Morgan fingerprint density at radius 1 is 1.00 bits per heavy atom. The minimum atomic E-state index is -3.92. The number of ether oxygens (including phenoxy) is 1. The Labute approximate surface area is 227 Å². The van der Waals surface area contributed by atoms with Crippen molar-refractivity contribution in [3.63, 3.8) is 0 Å². The number of sulfonamides is 1. The maximum Gasteiger partial charge on any atom is 0.320 e.